The summed E-state index contributed by atoms with van der Waals surface area (Å²) in [7, 11) is 0. The van der Waals surface area contributed by atoms with Gasteiger partial charge in [0.25, 0.3) is 0 Å². The van der Waals surface area contributed by atoms with Crippen LogP contribution in [0.3, 0.4) is 0 Å². The minimum absolute atomic E-state index is 0.0678. The molecule has 0 N–H and O–H groups in total. The average Bonchev–Trinajstić information content (AvgIpc) is 3.18. The summed E-state index contributed by atoms with van der Waals surface area (Å²) in [4.78, 5) is 37.8. The third-order valence-electron chi connectivity index (χ3n) is 10.8. The Labute approximate surface area is 341 Å². The maximum atomic E-state index is 12.7. The van der Waals surface area contributed by atoms with Gasteiger partial charge in [-0.25, -0.2) is 0 Å². The highest BCUT2D eigenvalue weighted by Crippen LogP contribution is 2.15. The molecule has 0 saturated carbocycles. The molecule has 1 atom stereocenters. The van der Waals surface area contributed by atoms with Gasteiger partial charge < -0.3 is 14.2 Å². The Hall–Kier alpha value is -1.85. The van der Waals surface area contributed by atoms with Gasteiger partial charge in [0.1, 0.15) is 13.2 Å². The Kier molecular flexibility index (Phi) is 43.4. The summed E-state index contributed by atoms with van der Waals surface area (Å²) < 4.78 is 16.7. The second-order valence-corrected chi connectivity index (χ2v) is 16.4. The van der Waals surface area contributed by atoms with Gasteiger partial charge in [-0.15, -0.1) is 0 Å². The molecule has 0 aliphatic heterocycles. The Balaban J connectivity index is 4.34. The average molecular weight is 777 g/mol. The van der Waals surface area contributed by atoms with E-state index in [1.54, 1.807) is 0 Å². The van der Waals surface area contributed by atoms with Gasteiger partial charge in [0.2, 0.25) is 0 Å². The van der Waals surface area contributed by atoms with E-state index in [-0.39, 0.29) is 31.1 Å². The summed E-state index contributed by atoms with van der Waals surface area (Å²) in [6.07, 6.45) is 47.6. The lowest BCUT2D eigenvalue weighted by Gasteiger charge is -2.18. The molecule has 0 spiro atoms. The van der Waals surface area contributed by atoms with E-state index in [1.807, 2.05) is 0 Å². The van der Waals surface area contributed by atoms with Crippen LogP contribution in [0.1, 0.15) is 265 Å². The van der Waals surface area contributed by atoms with E-state index in [0.717, 1.165) is 64.2 Å². The molecule has 324 valence electrons. The molecule has 0 heterocycles. The van der Waals surface area contributed by atoms with Gasteiger partial charge >= 0.3 is 17.9 Å². The molecule has 1 unspecified atom stereocenters. The summed E-state index contributed by atoms with van der Waals surface area (Å²) in [6.45, 7) is 6.63. The first-order chi connectivity index (χ1) is 27.0. The number of unbranched alkanes of at least 4 members (excludes halogenated alkanes) is 31. The minimum Gasteiger partial charge on any atom is -0.462 e. The Morgan fingerprint density at radius 3 is 0.927 bits per heavy atom. The fourth-order valence-electron chi connectivity index (χ4n) is 7.08. The van der Waals surface area contributed by atoms with E-state index in [0.29, 0.717) is 19.3 Å². The lowest BCUT2D eigenvalue weighted by atomic mass is 10.0. The first-order valence-electron chi connectivity index (χ1n) is 24.2. The fraction of sp³-hybridized carbons (Fsp3) is 0.898. The summed E-state index contributed by atoms with van der Waals surface area (Å²) in [6, 6.07) is 0. The number of allylic oxidation sites excluding steroid dienone is 2. The maximum Gasteiger partial charge on any atom is 0.306 e. The Bertz CT molecular complexity index is 854. The molecule has 0 aromatic rings. The van der Waals surface area contributed by atoms with Gasteiger partial charge in [-0.1, -0.05) is 213 Å². The van der Waals surface area contributed by atoms with Crippen molar-refractivity contribution in [1.82, 2.24) is 0 Å². The monoisotopic (exact) mass is 777 g/mol. The third kappa shape index (κ3) is 43.1. The highest BCUT2D eigenvalue weighted by molar-refractivity contribution is 5.71. The van der Waals surface area contributed by atoms with Crippen molar-refractivity contribution in [3.05, 3.63) is 12.2 Å². The molecule has 0 radical (unpaired) electrons. The zero-order valence-corrected chi connectivity index (χ0v) is 37.0. The number of carbonyl (C=O) groups excluding carboxylic acids is 3. The maximum absolute atomic E-state index is 12.7. The lowest BCUT2D eigenvalue weighted by molar-refractivity contribution is -0.167. The van der Waals surface area contributed by atoms with Crippen LogP contribution >= 0.6 is 0 Å². The highest BCUT2D eigenvalue weighted by Gasteiger charge is 2.19. The van der Waals surface area contributed by atoms with Gasteiger partial charge in [0.05, 0.1) is 0 Å². The molecule has 0 aromatic heterocycles. The largest absolute Gasteiger partial charge is 0.462 e. The van der Waals surface area contributed by atoms with Crippen LogP contribution in [0, 0.1) is 0 Å². The molecule has 6 nitrogen and oxygen atoms in total. The van der Waals surface area contributed by atoms with Crippen molar-refractivity contribution >= 4 is 17.9 Å². The first-order valence-corrected chi connectivity index (χ1v) is 24.2. The molecule has 6 heteroatoms. The van der Waals surface area contributed by atoms with Crippen LogP contribution in [-0.2, 0) is 28.6 Å². The summed E-state index contributed by atoms with van der Waals surface area (Å²) >= 11 is 0. The molecular weight excluding hydrogens is 685 g/mol. The van der Waals surface area contributed by atoms with Crippen LogP contribution < -0.4 is 0 Å². The van der Waals surface area contributed by atoms with Crippen LogP contribution in [0.25, 0.3) is 0 Å². The second-order valence-electron chi connectivity index (χ2n) is 16.4. The molecule has 0 aromatic carbocycles. The smallest absolute Gasteiger partial charge is 0.306 e. The second kappa shape index (κ2) is 44.9. The van der Waals surface area contributed by atoms with Crippen LogP contribution in [-0.4, -0.2) is 37.2 Å². The minimum atomic E-state index is -0.764. The van der Waals surface area contributed by atoms with Gasteiger partial charge in [0.15, 0.2) is 6.10 Å². The third-order valence-corrected chi connectivity index (χ3v) is 10.8. The molecule has 55 heavy (non-hydrogen) atoms. The molecule has 0 aliphatic carbocycles. The number of rotatable bonds is 44. The molecule has 0 bridgehead atoms. The predicted octanol–water partition coefficient (Wildman–Crippen LogP) is 15.4. The van der Waals surface area contributed by atoms with E-state index >= 15 is 0 Å². The normalized spacial score (nSPS) is 12.0. The molecule has 0 aliphatic rings. The first kappa shape index (κ1) is 53.1. The topological polar surface area (TPSA) is 78.9 Å². The van der Waals surface area contributed by atoms with Crippen molar-refractivity contribution in [3.8, 4) is 0 Å². The standard InChI is InChI=1S/C49H92O6/c1-4-7-10-13-16-19-22-24-27-30-33-36-39-42-48(51)54-45-46(44-53-47(50)41-38-35-32-29-26-21-18-15-12-9-6-3)55-49(52)43-40-37-34-31-28-25-23-20-17-14-11-8-5-2/h19,22,46H,4-18,20-21,23-45H2,1-3H3/b22-19-. The van der Waals surface area contributed by atoms with E-state index in [1.165, 1.54) is 161 Å². The molecule has 0 amide bonds. The van der Waals surface area contributed by atoms with Crippen LogP contribution in [0.15, 0.2) is 12.2 Å². The van der Waals surface area contributed by atoms with Gasteiger partial charge in [-0.3, -0.25) is 14.4 Å². The number of ether oxygens (including phenoxy) is 3. The van der Waals surface area contributed by atoms with Crippen molar-refractivity contribution in [3.63, 3.8) is 0 Å². The van der Waals surface area contributed by atoms with Crippen molar-refractivity contribution in [2.75, 3.05) is 13.2 Å². The number of hydrogen-bond donors (Lipinski definition) is 0. The molecule has 0 saturated heterocycles. The SMILES string of the molecule is CCCCCC/C=C\CCCCCCCC(=O)OCC(COC(=O)CCCCCCCCCCCCC)OC(=O)CCCCCCCCCCCCCCC. The molecule has 0 fully saturated rings. The summed E-state index contributed by atoms with van der Waals surface area (Å²) in [5.41, 5.74) is 0. The van der Waals surface area contributed by atoms with Crippen molar-refractivity contribution in [1.29, 1.82) is 0 Å². The number of carbonyl (C=O) groups is 3. The van der Waals surface area contributed by atoms with E-state index < -0.39 is 6.10 Å². The quantitative estimate of drug-likeness (QED) is 0.0265. The number of esters is 3. The van der Waals surface area contributed by atoms with E-state index in [9.17, 15) is 14.4 Å². The van der Waals surface area contributed by atoms with Gasteiger partial charge in [-0.2, -0.15) is 0 Å². The lowest BCUT2D eigenvalue weighted by Crippen LogP contribution is -2.30. The molecular formula is C49H92O6. The summed E-state index contributed by atoms with van der Waals surface area (Å²) in [5, 5.41) is 0. The Morgan fingerprint density at radius 2 is 0.600 bits per heavy atom. The van der Waals surface area contributed by atoms with E-state index in [4.69, 9.17) is 14.2 Å². The zero-order valence-electron chi connectivity index (χ0n) is 37.0. The van der Waals surface area contributed by atoms with Crippen LogP contribution in [0.2, 0.25) is 0 Å². The van der Waals surface area contributed by atoms with Gasteiger partial charge in [0, 0.05) is 19.3 Å². The summed E-state index contributed by atoms with van der Waals surface area (Å²) in [5.74, 6) is -0.866. The van der Waals surface area contributed by atoms with Crippen LogP contribution in [0.5, 0.6) is 0 Å². The Morgan fingerprint density at radius 1 is 0.345 bits per heavy atom. The van der Waals surface area contributed by atoms with Gasteiger partial charge in [-0.05, 0) is 44.9 Å². The van der Waals surface area contributed by atoms with Crippen molar-refractivity contribution in [2.45, 2.75) is 271 Å². The van der Waals surface area contributed by atoms with Crippen molar-refractivity contribution in [2.24, 2.45) is 0 Å². The number of hydrogen-bond acceptors (Lipinski definition) is 6. The fourth-order valence-corrected chi connectivity index (χ4v) is 7.08. The predicted molar refractivity (Wildman–Crippen MR) is 233 cm³/mol. The molecule has 0 rings (SSSR count). The zero-order chi connectivity index (χ0) is 40.1. The van der Waals surface area contributed by atoms with E-state index in [2.05, 4.69) is 32.9 Å². The van der Waals surface area contributed by atoms with Crippen molar-refractivity contribution < 1.29 is 28.6 Å². The highest BCUT2D eigenvalue weighted by atomic mass is 16.6. The van der Waals surface area contributed by atoms with Crippen LogP contribution in [0.4, 0.5) is 0 Å².